The highest BCUT2D eigenvalue weighted by molar-refractivity contribution is 5.93. The van der Waals surface area contributed by atoms with E-state index < -0.39 is 0 Å². The molecule has 0 aliphatic carbocycles. The van der Waals surface area contributed by atoms with Gasteiger partial charge in [0.25, 0.3) is 5.91 Å². The van der Waals surface area contributed by atoms with Crippen LogP contribution in [0.4, 0.5) is 0 Å². The highest BCUT2D eigenvalue weighted by atomic mass is 35.5. The molecule has 0 saturated carbocycles. The van der Waals surface area contributed by atoms with Crippen LogP contribution in [-0.2, 0) is 4.74 Å². The minimum Gasteiger partial charge on any atom is -0.491 e. The van der Waals surface area contributed by atoms with E-state index in [1.165, 1.54) is 4.80 Å². The monoisotopic (exact) mass is 381 g/mol. The van der Waals surface area contributed by atoms with E-state index in [1.54, 1.807) is 14.0 Å². The third kappa shape index (κ3) is 4.94. The third-order valence-electron chi connectivity index (χ3n) is 4.02. The molecule has 1 saturated heterocycles. The second kappa shape index (κ2) is 9.51. The molecule has 9 heteroatoms. The molecule has 3 rings (SSSR count). The summed E-state index contributed by atoms with van der Waals surface area (Å²) >= 11 is 0. The second-order valence-electron chi connectivity index (χ2n) is 5.92. The third-order valence-corrected chi connectivity index (χ3v) is 4.02. The fourth-order valence-electron chi connectivity index (χ4n) is 2.65. The largest absolute Gasteiger partial charge is 0.491 e. The van der Waals surface area contributed by atoms with Crippen LogP contribution in [0.1, 0.15) is 22.6 Å². The molecular formula is C17H24ClN5O3. The van der Waals surface area contributed by atoms with Gasteiger partial charge in [-0.2, -0.15) is 9.90 Å². The number of aryl methyl sites for hydroxylation is 1. The summed E-state index contributed by atoms with van der Waals surface area (Å²) < 4.78 is 10.5. The number of amides is 1. The van der Waals surface area contributed by atoms with E-state index in [4.69, 9.17) is 9.47 Å². The van der Waals surface area contributed by atoms with Crippen molar-refractivity contribution >= 4 is 18.3 Å². The molecule has 26 heavy (non-hydrogen) atoms. The first-order valence-electron chi connectivity index (χ1n) is 8.35. The summed E-state index contributed by atoms with van der Waals surface area (Å²) in [5.41, 5.74) is 1.72. The summed E-state index contributed by atoms with van der Waals surface area (Å²) in [5, 5.41) is 14.9. The molecule has 1 fully saturated rings. The molecule has 1 amide bonds. The van der Waals surface area contributed by atoms with Crippen LogP contribution in [0.5, 0.6) is 5.75 Å². The summed E-state index contributed by atoms with van der Waals surface area (Å²) in [7, 11) is 1.63. The summed E-state index contributed by atoms with van der Waals surface area (Å²) in [6.07, 6.45) is 0.934. The molecule has 0 bridgehead atoms. The standard InChI is InChI=1S/C17H23N5O3.ClH/c1-12-16(17(23)19-13-7-8-18-11-13)21-22(20-12)14-3-5-15(6-4-14)25-10-9-24-2;/h3-6,13,18H,7-11H2,1-2H3,(H,19,23);1H. The Morgan fingerprint density at radius 2 is 2.08 bits per heavy atom. The lowest BCUT2D eigenvalue weighted by atomic mass is 10.2. The molecule has 1 aliphatic rings. The molecule has 0 radical (unpaired) electrons. The number of carbonyl (C=O) groups excluding carboxylic acids is 1. The van der Waals surface area contributed by atoms with Crippen LogP contribution in [0.2, 0.25) is 0 Å². The van der Waals surface area contributed by atoms with Gasteiger partial charge in [0.15, 0.2) is 5.69 Å². The smallest absolute Gasteiger partial charge is 0.274 e. The predicted octanol–water partition coefficient (Wildman–Crippen LogP) is 1.11. The Bertz CT molecular complexity index is 714. The van der Waals surface area contributed by atoms with Gasteiger partial charge >= 0.3 is 0 Å². The van der Waals surface area contributed by atoms with E-state index in [-0.39, 0.29) is 24.4 Å². The number of hydrogen-bond acceptors (Lipinski definition) is 6. The maximum Gasteiger partial charge on any atom is 0.274 e. The molecule has 1 unspecified atom stereocenters. The van der Waals surface area contributed by atoms with Crippen LogP contribution in [0.15, 0.2) is 24.3 Å². The van der Waals surface area contributed by atoms with Crippen LogP contribution in [-0.4, -0.2) is 60.4 Å². The Kier molecular flexibility index (Phi) is 7.38. The van der Waals surface area contributed by atoms with Crippen molar-refractivity contribution < 1.29 is 14.3 Å². The van der Waals surface area contributed by atoms with Crippen molar-refractivity contribution in [1.82, 2.24) is 25.6 Å². The highest BCUT2D eigenvalue weighted by Gasteiger charge is 2.21. The van der Waals surface area contributed by atoms with Gasteiger partial charge in [-0.1, -0.05) is 0 Å². The Morgan fingerprint density at radius 1 is 1.31 bits per heavy atom. The number of nitrogens with zero attached hydrogens (tertiary/aromatic N) is 3. The SMILES string of the molecule is COCCOc1ccc(-n2nc(C)c(C(=O)NC3CCNC3)n2)cc1.Cl. The lowest BCUT2D eigenvalue weighted by Gasteiger charge is -2.09. The van der Waals surface area contributed by atoms with E-state index in [1.807, 2.05) is 24.3 Å². The van der Waals surface area contributed by atoms with Crippen LogP contribution in [0.3, 0.4) is 0 Å². The zero-order valence-corrected chi connectivity index (χ0v) is 15.7. The molecule has 1 aliphatic heterocycles. The maximum atomic E-state index is 12.4. The number of hydrogen-bond donors (Lipinski definition) is 2. The fraction of sp³-hybridized carbons (Fsp3) is 0.471. The molecule has 8 nitrogen and oxygen atoms in total. The van der Waals surface area contributed by atoms with Gasteiger partial charge in [0.2, 0.25) is 0 Å². The summed E-state index contributed by atoms with van der Waals surface area (Å²) in [6.45, 7) is 4.54. The number of carbonyl (C=O) groups is 1. The number of nitrogens with one attached hydrogen (secondary N) is 2. The van der Waals surface area contributed by atoms with E-state index in [9.17, 15) is 4.79 Å². The quantitative estimate of drug-likeness (QED) is 0.698. The summed E-state index contributed by atoms with van der Waals surface area (Å²) in [5.74, 6) is 0.563. The Balaban J connectivity index is 0.00000243. The number of methoxy groups -OCH3 is 1. The molecular weight excluding hydrogens is 358 g/mol. The van der Waals surface area contributed by atoms with E-state index >= 15 is 0 Å². The van der Waals surface area contributed by atoms with Crippen LogP contribution in [0, 0.1) is 6.92 Å². The van der Waals surface area contributed by atoms with Gasteiger partial charge in [-0.25, -0.2) is 0 Å². The topological polar surface area (TPSA) is 90.3 Å². The highest BCUT2D eigenvalue weighted by Crippen LogP contribution is 2.15. The van der Waals surface area contributed by atoms with Crippen molar-refractivity contribution in [3.05, 3.63) is 35.7 Å². The van der Waals surface area contributed by atoms with Crippen molar-refractivity contribution in [2.75, 3.05) is 33.4 Å². The number of ether oxygens (including phenoxy) is 2. The predicted molar refractivity (Wildman–Crippen MR) is 99.5 cm³/mol. The van der Waals surface area contributed by atoms with Crippen LogP contribution in [0.25, 0.3) is 5.69 Å². The summed E-state index contributed by atoms with van der Waals surface area (Å²) in [4.78, 5) is 13.8. The van der Waals surface area contributed by atoms with E-state index in [0.29, 0.717) is 24.6 Å². The minimum atomic E-state index is -0.183. The Hall–Kier alpha value is -2.16. The van der Waals surface area contributed by atoms with Gasteiger partial charge in [0.05, 0.1) is 18.0 Å². The van der Waals surface area contributed by atoms with Crippen molar-refractivity contribution in [2.45, 2.75) is 19.4 Å². The lowest BCUT2D eigenvalue weighted by Crippen LogP contribution is -2.36. The maximum absolute atomic E-state index is 12.4. The molecule has 2 N–H and O–H groups in total. The first-order valence-corrected chi connectivity index (χ1v) is 8.35. The Labute approximate surface area is 158 Å². The van der Waals surface area contributed by atoms with Gasteiger partial charge in [-0.3, -0.25) is 4.79 Å². The zero-order valence-electron chi connectivity index (χ0n) is 14.9. The minimum absolute atomic E-state index is 0. The molecule has 1 aromatic heterocycles. The molecule has 2 heterocycles. The van der Waals surface area contributed by atoms with Crippen LogP contribution >= 0.6 is 12.4 Å². The van der Waals surface area contributed by atoms with Crippen LogP contribution < -0.4 is 15.4 Å². The molecule has 142 valence electrons. The first-order chi connectivity index (χ1) is 12.2. The van der Waals surface area contributed by atoms with Gasteiger partial charge in [-0.15, -0.1) is 17.5 Å². The fourth-order valence-corrected chi connectivity index (χ4v) is 2.65. The van der Waals surface area contributed by atoms with Crippen molar-refractivity contribution in [2.24, 2.45) is 0 Å². The van der Waals surface area contributed by atoms with E-state index in [0.717, 1.165) is 30.9 Å². The van der Waals surface area contributed by atoms with Crippen molar-refractivity contribution in [1.29, 1.82) is 0 Å². The van der Waals surface area contributed by atoms with Gasteiger partial charge in [0, 0.05) is 19.7 Å². The normalized spacial score (nSPS) is 16.2. The van der Waals surface area contributed by atoms with Gasteiger partial charge in [0.1, 0.15) is 12.4 Å². The van der Waals surface area contributed by atoms with E-state index in [2.05, 4.69) is 20.8 Å². The number of halogens is 1. The molecule has 0 spiro atoms. The average molecular weight is 382 g/mol. The Morgan fingerprint density at radius 3 is 2.73 bits per heavy atom. The number of aromatic nitrogens is 3. The van der Waals surface area contributed by atoms with Crippen molar-refractivity contribution in [3.63, 3.8) is 0 Å². The lowest BCUT2D eigenvalue weighted by molar-refractivity contribution is 0.0934. The first kappa shape index (κ1) is 20.2. The number of benzene rings is 1. The average Bonchev–Trinajstić information content (AvgIpc) is 3.25. The molecule has 1 atom stereocenters. The molecule has 1 aromatic carbocycles. The van der Waals surface area contributed by atoms with Gasteiger partial charge < -0.3 is 20.1 Å². The summed E-state index contributed by atoms with van der Waals surface area (Å²) in [6, 6.07) is 7.54. The zero-order chi connectivity index (χ0) is 17.6. The number of rotatable bonds is 7. The molecule has 2 aromatic rings. The van der Waals surface area contributed by atoms with Gasteiger partial charge in [-0.05, 0) is 44.2 Å². The second-order valence-corrected chi connectivity index (χ2v) is 5.92. The van der Waals surface area contributed by atoms with Crippen molar-refractivity contribution in [3.8, 4) is 11.4 Å².